The number of nitrogens with two attached hydrogens (primary N) is 1. The van der Waals surface area contributed by atoms with E-state index < -0.39 is 6.04 Å². The summed E-state index contributed by atoms with van der Waals surface area (Å²) in [7, 11) is 2.09. The second-order valence-electron chi connectivity index (χ2n) is 4.80. The predicted molar refractivity (Wildman–Crippen MR) is 67.6 cm³/mol. The summed E-state index contributed by atoms with van der Waals surface area (Å²) in [5.74, 6) is -0.0175. The lowest BCUT2D eigenvalue weighted by molar-refractivity contribution is -0.136. The zero-order valence-electron chi connectivity index (χ0n) is 10.9. The molecule has 1 saturated heterocycles. The molecule has 1 rings (SSSR count). The highest BCUT2D eigenvalue weighted by Gasteiger charge is 2.28. The smallest absolute Gasteiger partial charge is 0.239 e. The summed E-state index contributed by atoms with van der Waals surface area (Å²) < 4.78 is 0. The van der Waals surface area contributed by atoms with E-state index in [9.17, 15) is 4.79 Å². The summed E-state index contributed by atoms with van der Waals surface area (Å²) >= 11 is 0. The van der Waals surface area contributed by atoms with Gasteiger partial charge in [0.25, 0.3) is 0 Å². The normalized spacial score (nSPS) is 20.2. The van der Waals surface area contributed by atoms with Gasteiger partial charge in [0.05, 0.1) is 12.6 Å². The highest BCUT2D eigenvalue weighted by atomic mass is 16.3. The molecular weight excluding hydrogens is 218 g/mol. The summed E-state index contributed by atoms with van der Waals surface area (Å²) in [6, 6.07) is -0.190. The molecule has 0 aromatic heterocycles. The Hall–Kier alpha value is -0.650. The quantitative estimate of drug-likeness (QED) is 0.692. The number of nitrogens with zero attached hydrogens (tertiary/aromatic N) is 2. The van der Waals surface area contributed by atoms with Crippen LogP contribution in [0.3, 0.4) is 0 Å². The Kier molecular flexibility index (Phi) is 5.88. The van der Waals surface area contributed by atoms with Crippen LogP contribution < -0.4 is 5.73 Å². The number of likely N-dealkylation sites (tertiary alicyclic amines) is 1. The van der Waals surface area contributed by atoms with Crippen LogP contribution in [0.25, 0.3) is 0 Å². The van der Waals surface area contributed by atoms with Crippen LogP contribution >= 0.6 is 0 Å². The molecule has 17 heavy (non-hydrogen) atoms. The van der Waals surface area contributed by atoms with Crippen molar-refractivity contribution in [2.24, 2.45) is 5.73 Å². The van der Waals surface area contributed by atoms with Crippen LogP contribution in [-0.2, 0) is 4.79 Å². The van der Waals surface area contributed by atoms with Crippen molar-refractivity contribution < 1.29 is 9.90 Å². The first-order valence-corrected chi connectivity index (χ1v) is 6.45. The van der Waals surface area contributed by atoms with Crippen molar-refractivity contribution in [1.29, 1.82) is 0 Å². The van der Waals surface area contributed by atoms with Crippen molar-refractivity contribution in [1.82, 2.24) is 9.80 Å². The Bertz CT molecular complexity index is 240. The van der Waals surface area contributed by atoms with Crippen molar-refractivity contribution in [2.75, 3.05) is 33.3 Å². The molecule has 1 fully saturated rings. The molecule has 3 N–H and O–H groups in total. The molecule has 1 heterocycles. The van der Waals surface area contributed by atoms with Gasteiger partial charge in [0.1, 0.15) is 0 Å². The van der Waals surface area contributed by atoms with E-state index in [2.05, 4.69) is 11.9 Å². The van der Waals surface area contributed by atoms with E-state index in [1.54, 1.807) is 4.90 Å². The summed E-state index contributed by atoms with van der Waals surface area (Å²) in [6.45, 7) is 4.33. The predicted octanol–water partition coefficient (Wildman–Crippen LogP) is -0.361. The Morgan fingerprint density at radius 1 is 1.53 bits per heavy atom. The van der Waals surface area contributed by atoms with Crippen molar-refractivity contribution in [3.05, 3.63) is 0 Å². The number of rotatable bonds is 5. The number of carbonyl (C=O) groups is 1. The first-order valence-electron chi connectivity index (χ1n) is 6.45. The second kappa shape index (κ2) is 6.93. The minimum Gasteiger partial charge on any atom is -0.395 e. The molecule has 1 aliphatic heterocycles. The SMILES string of the molecule is CC[C@H](N)C(=O)N(CCO)C1CCN(C)CC1. The molecule has 0 bridgehead atoms. The summed E-state index contributed by atoms with van der Waals surface area (Å²) in [5, 5.41) is 9.08. The maximum Gasteiger partial charge on any atom is 0.239 e. The van der Waals surface area contributed by atoms with Crippen LogP contribution in [-0.4, -0.2) is 66.2 Å². The highest BCUT2D eigenvalue weighted by Crippen LogP contribution is 2.16. The monoisotopic (exact) mass is 243 g/mol. The molecule has 1 aliphatic rings. The number of aliphatic hydroxyl groups is 1. The number of aliphatic hydroxyl groups excluding tert-OH is 1. The second-order valence-corrected chi connectivity index (χ2v) is 4.80. The molecule has 5 heteroatoms. The van der Waals surface area contributed by atoms with Gasteiger partial charge >= 0.3 is 0 Å². The molecule has 0 radical (unpaired) electrons. The summed E-state index contributed by atoms with van der Waals surface area (Å²) in [4.78, 5) is 16.2. The van der Waals surface area contributed by atoms with Gasteiger partial charge in [-0.2, -0.15) is 0 Å². The maximum absolute atomic E-state index is 12.1. The van der Waals surface area contributed by atoms with Gasteiger partial charge in [-0.15, -0.1) is 0 Å². The van der Waals surface area contributed by atoms with Crippen molar-refractivity contribution in [3.8, 4) is 0 Å². The van der Waals surface area contributed by atoms with Crippen LogP contribution in [0.2, 0.25) is 0 Å². The molecule has 5 nitrogen and oxygen atoms in total. The van der Waals surface area contributed by atoms with E-state index in [0.29, 0.717) is 13.0 Å². The number of piperidine rings is 1. The van der Waals surface area contributed by atoms with Crippen molar-refractivity contribution in [2.45, 2.75) is 38.3 Å². The standard InChI is InChI=1S/C12H25N3O2/c1-3-11(13)12(17)15(8-9-16)10-4-6-14(2)7-5-10/h10-11,16H,3-9,13H2,1-2H3/t11-/m0/s1. The number of amides is 1. The van der Waals surface area contributed by atoms with Crippen molar-refractivity contribution in [3.63, 3.8) is 0 Å². The van der Waals surface area contributed by atoms with Crippen LogP contribution in [0.15, 0.2) is 0 Å². The summed E-state index contributed by atoms with van der Waals surface area (Å²) in [5.41, 5.74) is 5.80. The van der Waals surface area contributed by atoms with Crippen molar-refractivity contribution >= 4 is 5.91 Å². The third kappa shape index (κ3) is 3.94. The van der Waals surface area contributed by atoms with Gasteiger partial charge in [-0.3, -0.25) is 4.79 Å². The first-order chi connectivity index (χ1) is 8.10. The van der Waals surface area contributed by atoms with Crippen LogP contribution in [0, 0.1) is 0 Å². The minimum atomic E-state index is -0.429. The largest absolute Gasteiger partial charge is 0.395 e. The van der Waals surface area contributed by atoms with Gasteiger partial charge in [-0.25, -0.2) is 0 Å². The van der Waals surface area contributed by atoms with Gasteiger partial charge in [0.15, 0.2) is 0 Å². The third-order valence-corrected chi connectivity index (χ3v) is 3.51. The van der Waals surface area contributed by atoms with E-state index in [0.717, 1.165) is 25.9 Å². The first kappa shape index (κ1) is 14.4. The topological polar surface area (TPSA) is 69.8 Å². The molecule has 1 atom stereocenters. The lowest BCUT2D eigenvalue weighted by Gasteiger charge is -2.38. The van der Waals surface area contributed by atoms with E-state index in [1.165, 1.54) is 0 Å². The van der Waals surface area contributed by atoms with Gasteiger partial charge in [-0.05, 0) is 39.4 Å². The maximum atomic E-state index is 12.1. The highest BCUT2D eigenvalue weighted by molar-refractivity contribution is 5.81. The third-order valence-electron chi connectivity index (χ3n) is 3.51. The Labute approximate surface area is 104 Å². The zero-order chi connectivity index (χ0) is 12.8. The molecule has 0 aromatic rings. The van der Waals surface area contributed by atoms with Gasteiger partial charge < -0.3 is 20.6 Å². The number of hydrogen-bond acceptors (Lipinski definition) is 4. The average molecular weight is 243 g/mol. The van der Waals surface area contributed by atoms with Crippen LogP contribution in [0.4, 0.5) is 0 Å². The molecule has 0 saturated carbocycles. The Balaban J connectivity index is 2.61. The van der Waals surface area contributed by atoms with E-state index in [1.807, 2.05) is 6.92 Å². The Morgan fingerprint density at radius 2 is 2.12 bits per heavy atom. The Morgan fingerprint density at radius 3 is 2.59 bits per heavy atom. The number of hydrogen-bond donors (Lipinski definition) is 2. The molecular formula is C12H25N3O2. The number of carbonyl (C=O) groups excluding carboxylic acids is 1. The van der Waals surface area contributed by atoms with Gasteiger partial charge in [0.2, 0.25) is 5.91 Å². The lowest BCUT2D eigenvalue weighted by Crippen LogP contribution is -2.52. The summed E-state index contributed by atoms with van der Waals surface area (Å²) in [6.07, 6.45) is 2.59. The zero-order valence-corrected chi connectivity index (χ0v) is 10.9. The van der Waals surface area contributed by atoms with Crippen LogP contribution in [0.1, 0.15) is 26.2 Å². The fraction of sp³-hybridized carbons (Fsp3) is 0.917. The fourth-order valence-electron chi connectivity index (χ4n) is 2.27. The fourth-order valence-corrected chi connectivity index (χ4v) is 2.27. The molecule has 1 amide bonds. The lowest BCUT2D eigenvalue weighted by atomic mass is 10.0. The van der Waals surface area contributed by atoms with Crippen LogP contribution in [0.5, 0.6) is 0 Å². The van der Waals surface area contributed by atoms with Gasteiger partial charge in [0, 0.05) is 12.6 Å². The molecule has 0 aliphatic carbocycles. The molecule has 0 aromatic carbocycles. The molecule has 0 spiro atoms. The molecule has 100 valence electrons. The molecule has 0 unspecified atom stereocenters. The van der Waals surface area contributed by atoms with E-state index in [4.69, 9.17) is 10.8 Å². The van der Waals surface area contributed by atoms with E-state index in [-0.39, 0.29) is 18.6 Å². The van der Waals surface area contributed by atoms with E-state index >= 15 is 0 Å². The minimum absolute atomic E-state index is 0.00845. The average Bonchev–Trinajstić information content (AvgIpc) is 2.35. The van der Waals surface area contributed by atoms with Gasteiger partial charge in [-0.1, -0.05) is 6.92 Å².